The van der Waals surface area contributed by atoms with Crippen LogP contribution in [-0.4, -0.2) is 28.9 Å². The van der Waals surface area contributed by atoms with Crippen LogP contribution in [0.15, 0.2) is 72.2 Å². The zero-order valence-electron chi connectivity index (χ0n) is 16.8. The van der Waals surface area contributed by atoms with Crippen LogP contribution in [0, 0.1) is 5.92 Å². The number of hydrogen-bond acceptors (Lipinski definition) is 3. The molecule has 0 spiro atoms. The van der Waals surface area contributed by atoms with E-state index in [0.717, 1.165) is 17.7 Å². The molecule has 3 nitrogen and oxygen atoms in total. The van der Waals surface area contributed by atoms with Crippen molar-refractivity contribution in [3.05, 3.63) is 88.5 Å². The predicted octanol–water partition coefficient (Wildman–Crippen LogP) is 5.51. The van der Waals surface area contributed by atoms with Crippen LogP contribution in [0.3, 0.4) is 0 Å². The molecular formula is C23H23ClF4N2O. The van der Waals surface area contributed by atoms with E-state index in [1.165, 1.54) is 6.20 Å². The Kier molecular flexibility index (Phi) is 7.19. The van der Waals surface area contributed by atoms with Gasteiger partial charge in [-0.05, 0) is 36.3 Å². The lowest BCUT2D eigenvalue weighted by molar-refractivity contribution is -0.162. The summed E-state index contributed by atoms with van der Waals surface area (Å²) in [5.41, 5.74) is -0.0249. The monoisotopic (exact) mass is 454 g/mol. The van der Waals surface area contributed by atoms with Gasteiger partial charge in [0.2, 0.25) is 0 Å². The van der Waals surface area contributed by atoms with Crippen molar-refractivity contribution < 1.29 is 22.7 Å². The summed E-state index contributed by atoms with van der Waals surface area (Å²) in [6.45, 7) is 1.61. The maximum absolute atomic E-state index is 14.5. The van der Waals surface area contributed by atoms with Gasteiger partial charge in [0.1, 0.15) is 5.83 Å². The number of allylic oxidation sites excluding steroid dienone is 2. The van der Waals surface area contributed by atoms with E-state index in [1.807, 2.05) is 30.3 Å². The summed E-state index contributed by atoms with van der Waals surface area (Å²) in [7, 11) is 0. The van der Waals surface area contributed by atoms with E-state index in [-0.39, 0.29) is 18.5 Å². The highest BCUT2D eigenvalue weighted by molar-refractivity contribution is 6.30. The first kappa shape index (κ1) is 23.4. The number of pyridine rings is 1. The molecule has 1 aliphatic rings. The second-order valence-electron chi connectivity index (χ2n) is 7.72. The number of halogens is 5. The van der Waals surface area contributed by atoms with Crippen molar-refractivity contribution in [1.29, 1.82) is 0 Å². The molecule has 1 aromatic carbocycles. The summed E-state index contributed by atoms with van der Waals surface area (Å²) in [6, 6.07) is 12.3. The lowest BCUT2D eigenvalue weighted by Crippen LogP contribution is -2.49. The molecule has 0 saturated carbocycles. The van der Waals surface area contributed by atoms with Gasteiger partial charge in [-0.2, -0.15) is 13.2 Å². The van der Waals surface area contributed by atoms with E-state index >= 15 is 0 Å². The Morgan fingerprint density at radius 1 is 1.19 bits per heavy atom. The van der Waals surface area contributed by atoms with Crippen LogP contribution in [0.25, 0.3) is 0 Å². The molecule has 0 amide bonds. The van der Waals surface area contributed by atoms with Gasteiger partial charge in [-0.15, -0.1) is 0 Å². The largest absolute Gasteiger partial charge is 0.395 e. The van der Waals surface area contributed by atoms with Gasteiger partial charge in [0.15, 0.2) is 0 Å². The molecule has 0 fully saturated rings. The first-order valence-corrected chi connectivity index (χ1v) is 10.2. The standard InChI is InChI=1S/C23H23ClF4N2O/c1-15(31)13-30-22(12-16-5-3-2-4-6-16,21-8-7-19(24)14-29-21)17-9-18(23(26,27)28)11-20(25)10-17/h2-10,14-15,18,30-31H,11-13H2,1H3/t15-,18?,22+/m1/s1. The van der Waals surface area contributed by atoms with Gasteiger partial charge >= 0.3 is 6.18 Å². The predicted molar refractivity (Wildman–Crippen MR) is 112 cm³/mol. The van der Waals surface area contributed by atoms with E-state index < -0.39 is 36.0 Å². The molecule has 8 heteroatoms. The highest BCUT2D eigenvalue weighted by Gasteiger charge is 2.45. The maximum Gasteiger partial charge on any atom is 0.395 e. The number of nitrogens with one attached hydrogen (secondary N) is 1. The van der Waals surface area contributed by atoms with E-state index in [9.17, 15) is 22.7 Å². The fourth-order valence-corrected chi connectivity index (χ4v) is 3.80. The number of alkyl halides is 3. The molecule has 166 valence electrons. The average molecular weight is 455 g/mol. The summed E-state index contributed by atoms with van der Waals surface area (Å²) in [6.07, 6.45) is -2.35. The zero-order valence-corrected chi connectivity index (χ0v) is 17.6. The summed E-state index contributed by atoms with van der Waals surface area (Å²) in [4.78, 5) is 4.36. The zero-order chi connectivity index (χ0) is 22.6. The van der Waals surface area contributed by atoms with Crippen LogP contribution in [0.2, 0.25) is 5.02 Å². The topological polar surface area (TPSA) is 45.1 Å². The van der Waals surface area contributed by atoms with Crippen LogP contribution in [-0.2, 0) is 12.0 Å². The Bertz CT molecular complexity index is 942. The van der Waals surface area contributed by atoms with Gasteiger partial charge in [-0.3, -0.25) is 10.3 Å². The SMILES string of the molecule is C[C@@H](O)CN[C@@](Cc1ccccc1)(C1=CC(C(F)(F)F)CC(F)=C1)c1ccc(Cl)cn1. The van der Waals surface area contributed by atoms with Crippen LogP contribution >= 0.6 is 11.6 Å². The first-order valence-electron chi connectivity index (χ1n) is 9.84. The number of aromatic nitrogens is 1. The third kappa shape index (κ3) is 5.73. The molecule has 1 aromatic heterocycles. The van der Waals surface area contributed by atoms with Crippen molar-refractivity contribution in [2.75, 3.05) is 6.54 Å². The van der Waals surface area contributed by atoms with Gasteiger partial charge in [-0.25, -0.2) is 4.39 Å². The minimum absolute atomic E-state index is 0.0562. The van der Waals surface area contributed by atoms with Gasteiger partial charge in [0.25, 0.3) is 0 Å². The average Bonchev–Trinajstić information content (AvgIpc) is 2.71. The minimum atomic E-state index is -4.59. The van der Waals surface area contributed by atoms with Gasteiger partial charge in [0.05, 0.1) is 28.3 Å². The highest BCUT2D eigenvalue weighted by atomic mass is 35.5. The number of rotatable bonds is 7. The molecule has 2 N–H and O–H groups in total. The summed E-state index contributed by atoms with van der Waals surface area (Å²) < 4.78 is 55.1. The third-order valence-electron chi connectivity index (χ3n) is 5.20. The molecule has 1 aliphatic carbocycles. The summed E-state index contributed by atoms with van der Waals surface area (Å²) in [5, 5.41) is 13.4. The number of aliphatic hydroxyl groups excluding tert-OH is 1. The fourth-order valence-electron chi connectivity index (χ4n) is 3.69. The number of benzene rings is 1. The Balaban J connectivity index is 2.21. The minimum Gasteiger partial charge on any atom is -0.392 e. The molecule has 3 atom stereocenters. The lowest BCUT2D eigenvalue weighted by Gasteiger charge is -2.39. The lowest BCUT2D eigenvalue weighted by atomic mass is 9.76. The molecule has 2 aromatic rings. The van der Waals surface area contributed by atoms with Crippen molar-refractivity contribution in [2.45, 2.75) is 37.6 Å². The van der Waals surface area contributed by atoms with Crippen molar-refractivity contribution in [3.63, 3.8) is 0 Å². The molecule has 31 heavy (non-hydrogen) atoms. The van der Waals surface area contributed by atoms with Gasteiger partial charge in [0, 0.05) is 25.6 Å². The smallest absolute Gasteiger partial charge is 0.392 e. The quantitative estimate of drug-likeness (QED) is 0.542. The molecule has 0 radical (unpaired) electrons. The molecule has 1 heterocycles. The molecule has 0 aliphatic heterocycles. The molecule has 3 rings (SSSR count). The second-order valence-corrected chi connectivity index (χ2v) is 8.16. The van der Waals surface area contributed by atoms with Crippen molar-refractivity contribution in [3.8, 4) is 0 Å². The Hall–Kier alpha value is -2.22. The van der Waals surface area contributed by atoms with E-state index in [0.29, 0.717) is 10.7 Å². The molecular weight excluding hydrogens is 432 g/mol. The van der Waals surface area contributed by atoms with E-state index in [2.05, 4.69) is 10.3 Å². The van der Waals surface area contributed by atoms with Crippen LogP contribution < -0.4 is 5.32 Å². The normalized spacial score (nSPS) is 19.9. The highest BCUT2D eigenvalue weighted by Crippen LogP contribution is 2.42. The summed E-state index contributed by atoms with van der Waals surface area (Å²) in [5.74, 6) is -2.81. The van der Waals surface area contributed by atoms with Gasteiger partial charge in [-0.1, -0.05) is 48.0 Å². The number of hydrogen-bond donors (Lipinski definition) is 2. The Labute approximate surface area is 183 Å². The number of aliphatic hydroxyl groups is 1. The third-order valence-corrected chi connectivity index (χ3v) is 5.42. The maximum atomic E-state index is 14.5. The number of nitrogens with zero attached hydrogens (tertiary/aromatic N) is 1. The molecule has 1 unspecified atom stereocenters. The van der Waals surface area contributed by atoms with Crippen molar-refractivity contribution in [2.24, 2.45) is 5.92 Å². The van der Waals surface area contributed by atoms with Crippen LogP contribution in [0.1, 0.15) is 24.6 Å². The fraction of sp³-hybridized carbons (Fsp3) is 0.348. The Morgan fingerprint density at radius 3 is 2.48 bits per heavy atom. The Morgan fingerprint density at radius 2 is 1.90 bits per heavy atom. The second kappa shape index (κ2) is 9.51. The molecule has 0 bridgehead atoms. The van der Waals surface area contributed by atoms with Crippen LogP contribution in [0.4, 0.5) is 17.6 Å². The summed E-state index contributed by atoms with van der Waals surface area (Å²) >= 11 is 5.98. The van der Waals surface area contributed by atoms with Crippen LogP contribution in [0.5, 0.6) is 0 Å². The molecule has 0 saturated heterocycles. The van der Waals surface area contributed by atoms with E-state index in [1.54, 1.807) is 19.1 Å². The first-order chi connectivity index (χ1) is 14.6. The van der Waals surface area contributed by atoms with Gasteiger partial charge < -0.3 is 5.11 Å². The van der Waals surface area contributed by atoms with E-state index in [4.69, 9.17) is 11.6 Å². The van der Waals surface area contributed by atoms with Crippen molar-refractivity contribution >= 4 is 11.6 Å². The van der Waals surface area contributed by atoms with Crippen molar-refractivity contribution in [1.82, 2.24) is 10.3 Å².